The van der Waals surface area contributed by atoms with Crippen LogP contribution in [0, 0.1) is 0 Å². The van der Waals surface area contributed by atoms with Crippen molar-refractivity contribution in [3.63, 3.8) is 0 Å². The van der Waals surface area contributed by atoms with Crippen LogP contribution in [0.3, 0.4) is 0 Å². The van der Waals surface area contributed by atoms with E-state index >= 15 is 0 Å². The van der Waals surface area contributed by atoms with E-state index < -0.39 is 0 Å². The van der Waals surface area contributed by atoms with E-state index in [2.05, 4.69) is 114 Å². The van der Waals surface area contributed by atoms with E-state index in [0.717, 1.165) is 14.2 Å². The zero-order valence-corrected chi connectivity index (χ0v) is 20.0. The van der Waals surface area contributed by atoms with Crippen molar-refractivity contribution in [3.05, 3.63) is 109 Å². The van der Waals surface area contributed by atoms with Gasteiger partial charge in [-0.1, -0.05) is 72.8 Å². The van der Waals surface area contributed by atoms with Crippen LogP contribution in [0.2, 0.25) is 0 Å². The number of hydrogen-bond donors (Lipinski definition) is 0. The van der Waals surface area contributed by atoms with Crippen molar-refractivity contribution in [1.82, 2.24) is 0 Å². The molecule has 0 fully saturated rings. The quantitative estimate of drug-likeness (QED) is 0.230. The molecule has 0 N–H and O–H groups in total. The van der Waals surface area contributed by atoms with E-state index in [9.17, 15) is 0 Å². The van der Waals surface area contributed by atoms with Crippen molar-refractivity contribution >= 4 is 47.9 Å². The fourth-order valence-electron chi connectivity index (χ4n) is 3.81. The summed E-state index contributed by atoms with van der Waals surface area (Å²) in [5.41, 5.74) is 0. The second-order valence-corrected chi connectivity index (χ2v) is 6.64. The van der Waals surface area contributed by atoms with Gasteiger partial charge in [-0.05, 0) is 0 Å². The molecule has 0 aliphatic rings. The minimum Gasteiger partial charge on any atom is -0.126 e. The maximum absolute atomic E-state index is 8.25. The summed E-state index contributed by atoms with van der Waals surface area (Å²) >= 11 is 1.75. The second kappa shape index (κ2) is 13.5. The Morgan fingerprint density at radius 3 is 0.844 bits per heavy atom. The smallest absolute Gasteiger partial charge is 0.0771 e. The van der Waals surface area contributed by atoms with Crippen molar-refractivity contribution in [2.24, 2.45) is 0 Å². The molecular formula is C29H26O2Ti-2. The van der Waals surface area contributed by atoms with E-state index in [1.54, 1.807) is 20.0 Å². The molecular weight excluding hydrogens is 428 g/mol. The van der Waals surface area contributed by atoms with Crippen LogP contribution in [-0.2, 0) is 20.0 Å². The fraction of sp³-hybridized carbons (Fsp3) is 0.0690. The molecule has 0 bridgehead atoms. The van der Waals surface area contributed by atoms with Gasteiger partial charge in [0, 0.05) is 0 Å². The Labute approximate surface area is 201 Å². The van der Waals surface area contributed by atoms with Gasteiger partial charge in [-0.3, -0.25) is 0 Å². The molecule has 3 heteroatoms. The Morgan fingerprint density at radius 1 is 0.438 bits per heavy atom. The van der Waals surface area contributed by atoms with Gasteiger partial charge in [-0.2, -0.15) is 14.2 Å². The molecule has 0 atom stereocenters. The standard InChI is InChI=1S/2C13H9.2CH3O.CH2.Ti/c2*1-3-7-12-10(5-1)9-11-6-2-4-8-13(11)12;2*1-2;;/h2*1-9H;2*1H3;1H2;/q4*-1;;+2. The second-order valence-electron chi connectivity index (χ2n) is 6.64. The Hall–Kier alpha value is -2.88. The summed E-state index contributed by atoms with van der Waals surface area (Å²) in [6.07, 6.45) is 0. The van der Waals surface area contributed by atoms with Gasteiger partial charge in [0.05, 0.1) is 0 Å². The van der Waals surface area contributed by atoms with Crippen LogP contribution in [0.15, 0.2) is 109 Å². The third-order valence-electron chi connectivity index (χ3n) is 5.05. The van der Waals surface area contributed by atoms with Crippen LogP contribution < -0.4 is 10.2 Å². The van der Waals surface area contributed by atoms with Gasteiger partial charge in [-0.15, -0.1) is 79.5 Å². The first-order valence-corrected chi connectivity index (χ1v) is 11.2. The number of fused-ring (bicyclic) bond motifs is 6. The predicted octanol–water partition coefficient (Wildman–Crippen LogP) is 5.34. The maximum Gasteiger partial charge on any atom is -0.0771 e. The summed E-state index contributed by atoms with van der Waals surface area (Å²) in [5.74, 6) is 0. The zero-order chi connectivity index (χ0) is 23.3. The molecule has 0 aliphatic carbocycles. The molecule has 0 radical (unpaired) electrons. The Balaban J connectivity index is 0.000000185. The average molecular weight is 454 g/mol. The molecule has 6 aromatic rings. The normalized spacial score (nSPS) is 9.56. The van der Waals surface area contributed by atoms with Crippen molar-refractivity contribution in [2.75, 3.05) is 14.2 Å². The van der Waals surface area contributed by atoms with E-state index in [1.165, 1.54) is 43.1 Å². The van der Waals surface area contributed by atoms with Gasteiger partial charge in [0.1, 0.15) is 0 Å². The molecule has 0 saturated heterocycles. The largest absolute Gasteiger partial charge is 0.126 e. The van der Waals surface area contributed by atoms with E-state index in [0.29, 0.717) is 0 Å². The SMILES string of the molecule is C[O-].C[O-].[CH2]=[Ti+2].c1ccc2c(c1)[cH-]c1ccccc12.c1ccc2c(c1)[cH-]c1ccccc12. The Morgan fingerprint density at radius 2 is 0.625 bits per heavy atom. The average Bonchev–Trinajstić information content (AvgIpc) is 3.46. The van der Waals surface area contributed by atoms with Gasteiger partial charge < -0.3 is 10.2 Å². The molecule has 0 spiro atoms. The van der Waals surface area contributed by atoms with Crippen LogP contribution in [-0.4, -0.2) is 19.0 Å². The van der Waals surface area contributed by atoms with E-state index in [4.69, 9.17) is 10.2 Å². The topological polar surface area (TPSA) is 46.1 Å². The molecule has 6 aromatic carbocycles. The molecule has 160 valence electrons. The molecule has 0 saturated carbocycles. The van der Waals surface area contributed by atoms with Gasteiger partial charge >= 0.3 is 24.8 Å². The molecule has 0 heterocycles. The van der Waals surface area contributed by atoms with Crippen molar-refractivity contribution < 1.29 is 30.2 Å². The predicted molar refractivity (Wildman–Crippen MR) is 133 cm³/mol. The summed E-state index contributed by atoms with van der Waals surface area (Å²) in [5, 5.41) is 27.3. The fourth-order valence-corrected chi connectivity index (χ4v) is 3.81. The van der Waals surface area contributed by atoms with Crippen LogP contribution in [0.5, 0.6) is 0 Å². The number of hydrogen-bond acceptors (Lipinski definition) is 2. The van der Waals surface area contributed by atoms with Gasteiger partial charge in [0.2, 0.25) is 0 Å². The first-order chi connectivity index (χ1) is 15.9. The molecule has 0 unspecified atom stereocenters. The third-order valence-corrected chi connectivity index (χ3v) is 5.05. The van der Waals surface area contributed by atoms with Crippen molar-refractivity contribution in [3.8, 4) is 0 Å². The zero-order valence-electron chi connectivity index (χ0n) is 18.4. The van der Waals surface area contributed by atoms with Crippen LogP contribution in [0.25, 0.3) is 43.1 Å². The molecule has 2 nitrogen and oxygen atoms in total. The number of benzene rings is 4. The van der Waals surface area contributed by atoms with E-state index in [-0.39, 0.29) is 0 Å². The van der Waals surface area contributed by atoms with Crippen LogP contribution in [0.1, 0.15) is 0 Å². The molecule has 6 rings (SSSR count). The molecule has 0 aromatic heterocycles. The maximum atomic E-state index is 8.25. The van der Waals surface area contributed by atoms with Crippen LogP contribution >= 0.6 is 0 Å². The summed E-state index contributed by atoms with van der Waals surface area (Å²) in [7, 11) is 1.50. The van der Waals surface area contributed by atoms with Gasteiger partial charge in [-0.25, -0.2) is 0 Å². The van der Waals surface area contributed by atoms with Crippen molar-refractivity contribution in [2.45, 2.75) is 0 Å². The van der Waals surface area contributed by atoms with Crippen molar-refractivity contribution in [1.29, 1.82) is 0 Å². The Kier molecular flexibility index (Phi) is 10.7. The Bertz CT molecular complexity index is 1150. The number of rotatable bonds is 0. The van der Waals surface area contributed by atoms with E-state index in [1.807, 2.05) is 0 Å². The first kappa shape index (κ1) is 25.4. The molecule has 32 heavy (non-hydrogen) atoms. The van der Waals surface area contributed by atoms with Gasteiger partial charge in [0.15, 0.2) is 0 Å². The van der Waals surface area contributed by atoms with Crippen LogP contribution in [0.4, 0.5) is 0 Å². The third kappa shape index (κ3) is 5.67. The minimum absolute atomic E-state index is 0.750. The molecule has 0 amide bonds. The molecule has 0 aliphatic heterocycles. The summed E-state index contributed by atoms with van der Waals surface area (Å²) in [6, 6.07) is 38.5. The summed E-state index contributed by atoms with van der Waals surface area (Å²) in [4.78, 5) is 3.25. The summed E-state index contributed by atoms with van der Waals surface area (Å²) < 4.78 is 0. The summed E-state index contributed by atoms with van der Waals surface area (Å²) in [6.45, 7) is 0. The minimum atomic E-state index is 0.750. The monoisotopic (exact) mass is 454 g/mol. The van der Waals surface area contributed by atoms with Gasteiger partial charge in [0.25, 0.3) is 0 Å². The first-order valence-electron chi connectivity index (χ1n) is 10.1.